The Balaban J connectivity index is 1.90. The number of hydrogen-bond donors (Lipinski definition) is 1. The van der Waals surface area contributed by atoms with E-state index in [2.05, 4.69) is 15.0 Å². The van der Waals surface area contributed by atoms with Gasteiger partial charge >= 0.3 is 12.5 Å². The number of anilines is 1. The standard InChI is InChI=1S/C25H23F6N3O2/c1-32-23(35)22(18-8-3-2-4-9-18)34(19-10-5-11-20(15-19)36-25(29,30)31)14-6-7-17-12-13-21(33-16-17)24(26,27)28/h2-5,8-13,15-16,22H,6-7,14H2,1H3,(H,32,35)/t22-/m0/s1. The van der Waals surface area contributed by atoms with Crippen molar-refractivity contribution in [2.24, 2.45) is 0 Å². The number of nitrogens with zero attached hydrogens (tertiary/aromatic N) is 2. The van der Waals surface area contributed by atoms with Gasteiger partial charge in [0.1, 0.15) is 17.5 Å². The normalized spacial score (nSPS) is 12.6. The highest BCUT2D eigenvalue weighted by atomic mass is 19.4. The van der Waals surface area contributed by atoms with Crippen molar-refractivity contribution in [2.75, 3.05) is 18.5 Å². The summed E-state index contributed by atoms with van der Waals surface area (Å²) in [6.45, 7) is 0.198. The first kappa shape index (κ1) is 26.8. The molecule has 0 aliphatic heterocycles. The van der Waals surface area contributed by atoms with Crippen molar-refractivity contribution in [3.8, 4) is 5.75 Å². The highest BCUT2D eigenvalue weighted by Gasteiger charge is 2.33. The van der Waals surface area contributed by atoms with Gasteiger partial charge in [-0.05, 0) is 42.2 Å². The van der Waals surface area contributed by atoms with E-state index in [1.54, 1.807) is 41.3 Å². The largest absolute Gasteiger partial charge is 0.573 e. The fraction of sp³-hybridized carbons (Fsp3) is 0.280. The number of benzene rings is 2. The van der Waals surface area contributed by atoms with Crippen molar-refractivity contribution in [2.45, 2.75) is 31.4 Å². The molecule has 192 valence electrons. The number of pyridine rings is 1. The van der Waals surface area contributed by atoms with Gasteiger partial charge in [0.25, 0.3) is 0 Å². The molecule has 0 bridgehead atoms. The Labute approximate surface area is 203 Å². The van der Waals surface area contributed by atoms with Crippen LogP contribution in [0.3, 0.4) is 0 Å². The van der Waals surface area contributed by atoms with Gasteiger partial charge < -0.3 is 15.0 Å². The van der Waals surface area contributed by atoms with Gasteiger partial charge in [0.05, 0.1) is 0 Å². The number of hydrogen-bond acceptors (Lipinski definition) is 4. The number of carbonyl (C=O) groups is 1. The van der Waals surface area contributed by atoms with E-state index in [9.17, 15) is 31.1 Å². The zero-order valence-corrected chi connectivity index (χ0v) is 19.1. The van der Waals surface area contributed by atoms with Crippen molar-refractivity contribution < 1.29 is 35.9 Å². The molecule has 0 radical (unpaired) electrons. The number of ether oxygens (including phenoxy) is 1. The molecule has 3 aromatic rings. The Morgan fingerprint density at radius 1 is 1.00 bits per heavy atom. The van der Waals surface area contributed by atoms with Gasteiger partial charge in [-0.1, -0.05) is 42.5 Å². The first-order valence-electron chi connectivity index (χ1n) is 10.9. The Morgan fingerprint density at radius 3 is 2.31 bits per heavy atom. The molecule has 1 heterocycles. The van der Waals surface area contributed by atoms with E-state index in [0.717, 1.165) is 18.3 Å². The number of likely N-dealkylation sites (N-methyl/N-ethyl adjacent to an activating group) is 1. The molecule has 2 aromatic carbocycles. The van der Waals surface area contributed by atoms with Crippen molar-refractivity contribution >= 4 is 11.6 Å². The number of carbonyl (C=O) groups excluding carboxylic acids is 1. The van der Waals surface area contributed by atoms with Crippen LogP contribution in [0.15, 0.2) is 72.9 Å². The molecule has 11 heteroatoms. The first-order chi connectivity index (χ1) is 17.0. The van der Waals surface area contributed by atoms with Gasteiger partial charge in [-0.3, -0.25) is 9.78 Å². The lowest BCUT2D eigenvalue weighted by Gasteiger charge is -2.33. The fourth-order valence-corrected chi connectivity index (χ4v) is 3.71. The minimum absolute atomic E-state index is 0.198. The first-order valence-corrected chi connectivity index (χ1v) is 10.9. The molecule has 0 saturated heterocycles. The van der Waals surface area contributed by atoms with Crippen molar-refractivity contribution in [3.63, 3.8) is 0 Å². The van der Waals surface area contributed by atoms with E-state index >= 15 is 0 Å². The summed E-state index contributed by atoms with van der Waals surface area (Å²) in [6, 6.07) is 15.3. The summed E-state index contributed by atoms with van der Waals surface area (Å²) in [7, 11) is 1.45. The summed E-state index contributed by atoms with van der Waals surface area (Å²) in [5, 5.41) is 2.59. The third-order valence-corrected chi connectivity index (χ3v) is 5.28. The summed E-state index contributed by atoms with van der Waals surface area (Å²) in [5.74, 6) is -0.833. The third kappa shape index (κ3) is 7.37. The highest BCUT2D eigenvalue weighted by molar-refractivity contribution is 5.86. The smallest absolute Gasteiger partial charge is 0.406 e. The average molecular weight is 511 g/mol. The minimum atomic E-state index is -4.89. The van der Waals surface area contributed by atoms with Crippen LogP contribution in [0, 0.1) is 0 Å². The molecule has 0 fully saturated rings. The van der Waals surface area contributed by atoms with Gasteiger partial charge in [0, 0.05) is 31.5 Å². The van der Waals surface area contributed by atoms with E-state index in [0.29, 0.717) is 29.7 Å². The maximum atomic E-state index is 12.9. The van der Waals surface area contributed by atoms with Crippen molar-refractivity contribution in [1.29, 1.82) is 0 Å². The van der Waals surface area contributed by atoms with Crippen LogP contribution in [0.2, 0.25) is 0 Å². The zero-order chi connectivity index (χ0) is 26.3. The molecule has 36 heavy (non-hydrogen) atoms. The van der Waals surface area contributed by atoms with Gasteiger partial charge in [0.2, 0.25) is 5.91 Å². The fourth-order valence-electron chi connectivity index (χ4n) is 3.71. The summed E-state index contributed by atoms with van der Waals surface area (Å²) < 4.78 is 80.8. The van der Waals surface area contributed by atoms with Crippen LogP contribution >= 0.6 is 0 Å². The molecular formula is C25H23F6N3O2. The van der Waals surface area contributed by atoms with Crippen LogP contribution in [-0.2, 0) is 17.4 Å². The second-order valence-corrected chi connectivity index (χ2v) is 7.82. The topological polar surface area (TPSA) is 54.5 Å². The number of aryl methyl sites for hydroxylation is 1. The molecule has 5 nitrogen and oxygen atoms in total. The summed E-state index contributed by atoms with van der Waals surface area (Å²) in [6.07, 6.45) is -7.60. The Kier molecular flexibility index (Phi) is 8.44. The number of rotatable bonds is 9. The van der Waals surface area contributed by atoms with E-state index in [-0.39, 0.29) is 12.5 Å². The molecule has 3 rings (SSSR count). The molecule has 0 aliphatic carbocycles. The lowest BCUT2D eigenvalue weighted by atomic mass is 10.0. The van der Waals surface area contributed by atoms with Crippen molar-refractivity contribution in [1.82, 2.24) is 10.3 Å². The number of amides is 1. The number of nitrogens with one attached hydrogen (secondary N) is 1. The summed E-state index contributed by atoms with van der Waals surface area (Å²) in [5.41, 5.74) is 0.460. The second-order valence-electron chi connectivity index (χ2n) is 7.82. The molecule has 0 unspecified atom stereocenters. The molecule has 1 atom stereocenters. The highest BCUT2D eigenvalue weighted by Crippen LogP contribution is 2.33. The maximum Gasteiger partial charge on any atom is 0.573 e. The lowest BCUT2D eigenvalue weighted by Crippen LogP contribution is -2.40. The molecular weight excluding hydrogens is 488 g/mol. The second kappa shape index (κ2) is 11.3. The number of alkyl halides is 6. The molecule has 1 aromatic heterocycles. The zero-order valence-electron chi connectivity index (χ0n) is 19.1. The summed E-state index contributed by atoms with van der Waals surface area (Å²) >= 11 is 0. The maximum absolute atomic E-state index is 12.9. The van der Waals surface area contributed by atoms with E-state index in [1.165, 1.54) is 25.2 Å². The van der Waals surface area contributed by atoms with Crippen molar-refractivity contribution in [3.05, 3.63) is 89.7 Å². The van der Waals surface area contributed by atoms with Gasteiger partial charge in [-0.25, -0.2) is 0 Å². The molecule has 0 spiro atoms. The quantitative estimate of drug-likeness (QED) is 0.362. The third-order valence-electron chi connectivity index (χ3n) is 5.28. The SMILES string of the molecule is CNC(=O)[C@H](c1ccccc1)N(CCCc1ccc(C(F)(F)F)nc1)c1cccc(OC(F)(F)F)c1. The Morgan fingerprint density at radius 2 is 1.72 bits per heavy atom. The van der Waals surface area contributed by atoms with Crippen LogP contribution in [0.5, 0.6) is 5.75 Å². The predicted molar refractivity (Wildman–Crippen MR) is 121 cm³/mol. The van der Waals surface area contributed by atoms with Crippen LogP contribution in [0.1, 0.15) is 29.3 Å². The molecule has 0 aliphatic rings. The molecule has 1 amide bonds. The Hall–Kier alpha value is -3.76. The minimum Gasteiger partial charge on any atom is -0.406 e. The van der Waals surface area contributed by atoms with Gasteiger partial charge in [0.15, 0.2) is 0 Å². The number of halogens is 6. The predicted octanol–water partition coefficient (Wildman–Crippen LogP) is 5.93. The van der Waals surface area contributed by atoms with Crippen LogP contribution < -0.4 is 15.0 Å². The monoisotopic (exact) mass is 511 g/mol. The number of aromatic nitrogens is 1. The molecule has 1 N–H and O–H groups in total. The van der Waals surface area contributed by atoms with E-state index in [1.807, 2.05) is 0 Å². The van der Waals surface area contributed by atoms with Crippen LogP contribution in [-0.4, -0.2) is 30.8 Å². The van der Waals surface area contributed by atoms with E-state index < -0.39 is 30.0 Å². The summed E-state index contributed by atoms with van der Waals surface area (Å²) in [4.78, 5) is 18.0. The van der Waals surface area contributed by atoms with E-state index in [4.69, 9.17) is 0 Å². The lowest BCUT2D eigenvalue weighted by molar-refractivity contribution is -0.274. The van der Waals surface area contributed by atoms with Crippen LogP contribution in [0.25, 0.3) is 0 Å². The van der Waals surface area contributed by atoms with Gasteiger partial charge in [-0.15, -0.1) is 13.2 Å². The van der Waals surface area contributed by atoms with Crippen LogP contribution in [0.4, 0.5) is 32.0 Å². The molecule has 0 saturated carbocycles. The Bertz CT molecular complexity index is 1140. The average Bonchev–Trinajstić information content (AvgIpc) is 2.82. The van der Waals surface area contributed by atoms with Gasteiger partial charge in [-0.2, -0.15) is 13.2 Å².